The van der Waals surface area contributed by atoms with E-state index in [9.17, 15) is 0 Å². The minimum atomic E-state index is -1.31. The van der Waals surface area contributed by atoms with Gasteiger partial charge in [-0.3, -0.25) is 0 Å². The van der Waals surface area contributed by atoms with E-state index in [1.54, 1.807) is 0 Å². The van der Waals surface area contributed by atoms with E-state index in [1.165, 1.54) is 0 Å². The van der Waals surface area contributed by atoms with Gasteiger partial charge in [-0.2, -0.15) is 0 Å². The molecule has 0 unspecified atom stereocenters. The summed E-state index contributed by atoms with van der Waals surface area (Å²) >= 11 is 34.1. The van der Waals surface area contributed by atoms with Crippen LogP contribution in [0, 0.1) is 0 Å². The van der Waals surface area contributed by atoms with Crippen LogP contribution in [-0.2, 0) is 47.2 Å². The molecule has 0 aromatic carbocycles. The highest BCUT2D eigenvalue weighted by Crippen LogP contribution is 3.29. The maximum Gasteiger partial charge on any atom is 0.128 e. The van der Waals surface area contributed by atoms with Crippen LogP contribution in [0.4, 0.5) is 0 Å². The fourth-order valence-electron chi connectivity index (χ4n) is 0.866. The fourth-order valence-corrected chi connectivity index (χ4v) is 200. The summed E-state index contributed by atoms with van der Waals surface area (Å²) in [6.45, 7) is 0. The lowest BCUT2D eigenvalue weighted by molar-refractivity contribution is 4.68. The van der Waals surface area contributed by atoms with Gasteiger partial charge in [-0.05, 0) is 66.0 Å². The third kappa shape index (κ3) is 2.49. The Morgan fingerprint density at radius 1 is 0.429 bits per heavy atom. The summed E-state index contributed by atoms with van der Waals surface area (Å²) < 4.78 is -5.24. The van der Waals surface area contributed by atoms with Gasteiger partial charge in [0.2, 0.25) is 0 Å². The van der Waals surface area contributed by atoms with Crippen molar-refractivity contribution in [2.45, 2.75) is 0 Å². The molecule has 6 rings (SSSR count). The second kappa shape index (κ2) is 4.10. The molecular weight excluding hydrogens is 445 g/mol. The van der Waals surface area contributed by atoms with Crippen molar-refractivity contribution in [2.24, 2.45) is 0 Å². The predicted molar refractivity (Wildman–Crippen MR) is 103 cm³/mol. The summed E-state index contributed by atoms with van der Waals surface area (Å²) in [6, 6.07) is 0. The van der Waals surface area contributed by atoms with Gasteiger partial charge >= 0.3 is 0 Å². The first-order valence-corrected chi connectivity index (χ1v) is 26.3. The van der Waals surface area contributed by atoms with Crippen LogP contribution in [0.25, 0.3) is 0 Å². The minimum Gasteiger partial charge on any atom is -0.0613 e. The molecule has 6 aliphatic heterocycles. The van der Waals surface area contributed by atoms with Gasteiger partial charge in [0.05, 0.1) is 0 Å². The maximum absolute atomic E-state index is 5.65. The second-order valence-electron chi connectivity index (χ2n) is 2.28. The summed E-state index contributed by atoms with van der Waals surface area (Å²) in [7, 11) is 0. The molecule has 0 saturated carbocycles. The van der Waals surface area contributed by atoms with Gasteiger partial charge in [0, 0.05) is 0 Å². The van der Waals surface area contributed by atoms with Crippen molar-refractivity contribution in [3.05, 3.63) is 0 Å². The van der Waals surface area contributed by atoms with E-state index in [2.05, 4.69) is 0 Å². The molecule has 6 heterocycles. The van der Waals surface area contributed by atoms with Crippen molar-refractivity contribution in [1.82, 2.24) is 0 Å². The molecule has 14 heteroatoms. The van der Waals surface area contributed by atoms with E-state index >= 15 is 0 Å². The van der Waals surface area contributed by atoms with E-state index in [4.69, 9.17) is 47.2 Å². The average molecular weight is 445 g/mol. The molecule has 0 amide bonds. The third-order valence-corrected chi connectivity index (χ3v) is 97.2. The molecule has 0 aliphatic carbocycles. The van der Waals surface area contributed by atoms with E-state index in [0.717, 1.165) is 0 Å². The lowest BCUT2D eigenvalue weighted by Gasteiger charge is -2.51. The van der Waals surface area contributed by atoms with E-state index in [-0.39, 0.29) is 0 Å². The summed E-state index contributed by atoms with van der Waals surface area (Å²) in [4.78, 5) is 0. The van der Waals surface area contributed by atoms with E-state index in [1.807, 2.05) is 66.0 Å². The molecule has 6 aliphatic rings. The summed E-state index contributed by atoms with van der Waals surface area (Å²) in [5.74, 6) is 0. The highest BCUT2D eigenvalue weighted by molar-refractivity contribution is 9.83. The zero-order valence-corrected chi connectivity index (χ0v) is 17.6. The Kier molecular flexibility index (Phi) is 4.00. The van der Waals surface area contributed by atoms with Gasteiger partial charge in [0.1, 0.15) is 14.6 Å². The Hall–Kier alpha value is 4.70. The average Bonchev–Trinajstić information content (AvgIpc) is 1.72. The van der Waals surface area contributed by atoms with Gasteiger partial charge in [-0.15, -0.1) is 0 Å². The Morgan fingerprint density at radius 2 is 0.571 bits per heavy atom. The molecule has 14 heavy (non-hydrogen) atoms. The Bertz CT molecular complexity index is 382. The molecule has 0 aromatic heterocycles. The first kappa shape index (κ1) is 13.7. The van der Waals surface area contributed by atoms with Gasteiger partial charge < -0.3 is 0 Å². The lowest BCUT2D eigenvalue weighted by Crippen LogP contribution is -1.83. The highest BCUT2D eigenvalue weighted by atomic mass is 34.1. The van der Waals surface area contributed by atoms with Gasteiger partial charge in [0.15, 0.2) is 0 Å². The minimum absolute atomic E-state index is 1.31. The Morgan fingerprint density at radius 3 is 0.714 bits per heavy atom. The second-order valence-corrected chi connectivity index (χ2v) is 61.5. The smallest absolute Gasteiger partial charge is 0.0613 e. The van der Waals surface area contributed by atoms with Crippen LogP contribution in [0.5, 0.6) is 0 Å². The van der Waals surface area contributed by atoms with Crippen molar-refractivity contribution in [1.29, 1.82) is 0 Å². The summed E-state index contributed by atoms with van der Waals surface area (Å²) in [5.41, 5.74) is 0. The molecule has 6 fully saturated rings. The van der Waals surface area contributed by atoms with Gasteiger partial charge in [-0.25, -0.2) is 0 Å². The van der Waals surface area contributed by atoms with Crippen LogP contribution in [0.1, 0.15) is 0 Å². The number of rotatable bonds is 0. The predicted octanol–water partition coefficient (Wildman–Crippen LogP) is 7.32. The zero-order chi connectivity index (χ0) is 10.2. The van der Waals surface area contributed by atoms with Crippen molar-refractivity contribution < 1.29 is 0 Å². The molecule has 0 aromatic rings. The zero-order valence-electron chi connectivity index (χ0n) is 5.87. The van der Waals surface area contributed by atoms with Crippen LogP contribution in [0.2, 0.25) is 0 Å². The third-order valence-electron chi connectivity index (χ3n) is 1.20. The quantitative estimate of drug-likeness (QED) is 0.347. The first-order chi connectivity index (χ1) is 6.24. The molecule has 4 bridgehead atoms. The van der Waals surface area contributed by atoms with Crippen LogP contribution in [0.3, 0.4) is 0 Å². The molecule has 6 saturated heterocycles. The first-order valence-electron chi connectivity index (χ1n) is 2.92. The Balaban J connectivity index is 2.05. The van der Waals surface area contributed by atoms with Gasteiger partial charge in [0.25, 0.3) is 0 Å². The monoisotopic (exact) mass is 444 g/mol. The van der Waals surface area contributed by atoms with Crippen LogP contribution >= 0.6 is 80.6 Å². The van der Waals surface area contributed by atoms with Crippen molar-refractivity contribution in [2.75, 3.05) is 0 Å². The van der Waals surface area contributed by atoms with Crippen molar-refractivity contribution in [3.63, 3.8) is 0 Å². The maximum atomic E-state index is 5.65. The molecule has 0 radical (unpaired) electrons. The number of hydrogen-bond acceptors (Lipinski definition) is 10. The summed E-state index contributed by atoms with van der Waals surface area (Å²) in [5, 5.41) is 0. The standard InChI is InChI=1S/P4S10/c5-1-9-2(6,10-1)14-4(8)11-3(7,12-4)13-1. The molecule has 0 N–H and O–H groups in total. The Labute approximate surface area is 126 Å². The van der Waals surface area contributed by atoms with Crippen molar-refractivity contribution >= 4 is 128 Å². The molecule has 0 atom stereocenters. The van der Waals surface area contributed by atoms with Crippen LogP contribution < -0.4 is 0 Å². The normalized spacial score (nSPS) is 65.7. The van der Waals surface area contributed by atoms with E-state index in [0.29, 0.717) is 0 Å². The molecule has 0 spiro atoms. The molecule has 80 valence electrons. The lowest BCUT2D eigenvalue weighted by atomic mass is 28.9. The number of hydrogen-bond donors (Lipinski definition) is 0. The molecule has 0 nitrogen and oxygen atoms in total. The van der Waals surface area contributed by atoms with Crippen LogP contribution in [-0.4, -0.2) is 0 Å². The molecular formula is P4S10. The van der Waals surface area contributed by atoms with Crippen LogP contribution in [0.15, 0.2) is 0 Å². The van der Waals surface area contributed by atoms with Gasteiger partial charge in [-0.1, -0.05) is 47.2 Å². The summed E-state index contributed by atoms with van der Waals surface area (Å²) in [6.07, 6.45) is 0. The topological polar surface area (TPSA) is 0 Å². The van der Waals surface area contributed by atoms with Crippen molar-refractivity contribution in [3.8, 4) is 0 Å². The van der Waals surface area contributed by atoms with E-state index < -0.39 is 14.6 Å². The highest BCUT2D eigenvalue weighted by Gasteiger charge is 2.60. The fraction of sp³-hybridized carbons (Fsp3) is 0. The largest absolute Gasteiger partial charge is 0.128 e. The SMILES string of the molecule is S=P12SP(=S)(S1)SP1(=S)SP(=S)(S1)S2.